The molecule has 0 spiro atoms. The number of carbonyl (C=O) groups is 2. The number of aromatic nitrogens is 3. The molecule has 3 rings (SSSR count). The van der Waals surface area contributed by atoms with Crippen molar-refractivity contribution in [1.82, 2.24) is 19.5 Å². The summed E-state index contributed by atoms with van der Waals surface area (Å²) in [5, 5.41) is 12.9. The Morgan fingerprint density at radius 1 is 1.48 bits per heavy atom. The highest BCUT2D eigenvalue weighted by atomic mass is 16.5. The summed E-state index contributed by atoms with van der Waals surface area (Å²) in [5.74, 6) is -1.14. The smallest absolute Gasteiger partial charge is 0.306 e. The Bertz CT molecular complexity index is 684. The molecule has 1 unspecified atom stereocenters. The van der Waals surface area contributed by atoms with Crippen molar-refractivity contribution in [3.8, 4) is 0 Å². The first kappa shape index (κ1) is 13.5. The molecule has 3 heterocycles. The minimum absolute atomic E-state index is 0.114. The molecule has 2 aromatic rings. The van der Waals surface area contributed by atoms with Gasteiger partial charge in [0.05, 0.1) is 25.3 Å². The zero-order valence-electron chi connectivity index (χ0n) is 11.2. The normalized spacial score (nSPS) is 18.9. The largest absolute Gasteiger partial charge is 0.481 e. The molecule has 1 saturated heterocycles. The number of carbonyl (C=O) groups excluding carboxylic acids is 1. The number of hydrogen-bond acceptors (Lipinski definition) is 5. The molecule has 21 heavy (non-hydrogen) atoms. The molecule has 1 fully saturated rings. The van der Waals surface area contributed by atoms with E-state index in [9.17, 15) is 9.59 Å². The van der Waals surface area contributed by atoms with Gasteiger partial charge in [-0.3, -0.25) is 9.59 Å². The molecule has 0 saturated carbocycles. The van der Waals surface area contributed by atoms with E-state index < -0.39 is 12.1 Å². The number of nitrogens with zero attached hydrogens (tertiary/aromatic N) is 4. The molecule has 1 aliphatic heterocycles. The number of aliphatic carboxylic acids is 1. The lowest BCUT2D eigenvalue weighted by Crippen LogP contribution is -2.46. The summed E-state index contributed by atoms with van der Waals surface area (Å²) >= 11 is 0. The van der Waals surface area contributed by atoms with Gasteiger partial charge in [0.25, 0.3) is 5.91 Å². The van der Waals surface area contributed by atoms with Gasteiger partial charge < -0.3 is 14.7 Å². The first-order valence-corrected chi connectivity index (χ1v) is 6.56. The average molecular weight is 290 g/mol. The van der Waals surface area contributed by atoms with Gasteiger partial charge >= 0.3 is 5.97 Å². The number of fused-ring (bicyclic) bond motifs is 1. The maximum Gasteiger partial charge on any atom is 0.306 e. The lowest BCUT2D eigenvalue weighted by Gasteiger charge is -2.32. The van der Waals surface area contributed by atoms with Gasteiger partial charge in [-0.25, -0.2) is 9.50 Å². The van der Waals surface area contributed by atoms with E-state index in [0.717, 1.165) is 0 Å². The number of hydrogen-bond donors (Lipinski definition) is 1. The summed E-state index contributed by atoms with van der Waals surface area (Å²) < 4.78 is 6.89. The summed E-state index contributed by atoms with van der Waals surface area (Å²) in [5.41, 5.74) is 0.898. The van der Waals surface area contributed by atoms with Crippen LogP contribution in [0.4, 0.5) is 0 Å². The fourth-order valence-electron chi connectivity index (χ4n) is 2.37. The minimum atomic E-state index is -0.938. The highest BCUT2D eigenvalue weighted by Crippen LogP contribution is 2.15. The van der Waals surface area contributed by atoms with Crippen LogP contribution >= 0.6 is 0 Å². The fraction of sp³-hybridized carbons (Fsp3) is 0.385. The van der Waals surface area contributed by atoms with Crippen LogP contribution in [0.2, 0.25) is 0 Å². The van der Waals surface area contributed by atoms with E-state index in [1.54, 1.807) is 23.4 Å². The van der Waals surface area contributed by atoms with Crippen LogP contribution in [-0.2, 0) is 9.53 Å². The third-order valence-electron chi connectivity index (χ3n) is 3.34. The molecule has 0 bridgehead atoms. The van der Waals surface area contributed by atoms with E-state index in [4.69, 9.17) is 9.84 Å². The average Bonchev–Trinajstić information content (AvgIpc) is 2.90. The van der Waals surface area contributed by atoms with E-state index in [0.29, 0.717) is 24.4 Å². The third-order valence-corrected chi connectivity index (χ3v) is 3.34. The molecule has 1 N–H and O–H groups in total. The van der Waals surface area contributed by atoms with Crippen LogP contribution in [0.5, 0.6) is 0 Å². The molecule has 1 aliphatic rings. The van der Waals surface area contributed by atoms with Crippen LogP contribution < -0.4 is 0 Å². The molecule has 1 atom stereocenters. The second-order valence-electron chi connectivity index (χ2n) is 4.79. The van der Waals surface area contributed by atoms with Crippen molar-refractivity contribution in [2.45, 2.75) is 12.5 Å². The number of amides is 1. The molecule has 110 valence electrons. The number of rotatable bonds is 3. The van der Waals surface area contributed by atoms with Gasteiger partial charge in [0, 0.05) is 25.5 Å². The van der Waals surface area contributed by atoms with Crippen LogP contribution in [0.3, 0.4) is 0 Å². The van der Waals surface area contributed by atoms with Crippen molar-refractivity contribution >= 4 is 17.5 Å². The van der Waals surface area contributed by atoms with Crippen LogP contribution in [0, 0.1) is 0 Å². The van der Waals surface area contributed by atoms with E-state index >= 15 is 0 Å². The van der Waals surface area contributed by atoms with Crippen molar-refractivity contribution < 1.29 is 19.4 Å². The Labute approximate surface area is 119 Å². The number of morpholine rings is 1. The Morgan fingerprint density at radius 2 is 2.33 bits per heavy atom. The quantitative estimate of drug-likeness (QED) is 0.857. The highest BCUT2D eigenvalue weighted by molar-refractivity contribution is 5.99. The van der Waals surface area contributed by atoms with Crippen molar-refractivity contribution in [2.75, 3.05) is 19.7 Å². The van der Waals surface area contributed by atoms with Crippen LogP contribution in [0.25, 0.3) is 5.65 Å². The molecule has 0 radical (unpaired) electrons. The number of carboxylic acids is 1. The predicted molar refractivity (Wildman–Crippen MR) is 70.9 cm³/mol. The number of ether oxygens (including phenoxy) is 1. The lowest BCUT2D eigenvalue weighted by atomic mass is 10.2. The molecule has 1 amide bonds. The summed E-state index contributed by atoms with van der Waals surface area (Å²) in [6.45, 7) is 1.02. The SMILES string of the molecule is O=C(O)CC1CN(C(=O)c2cnn3cccnc23)CCO1. The van der Waals surface area contributed by atoms with Gasteiger partial charge in [-0.2, -0.15) is 5.10 Å². The predicted octanol–water partition coefficient (Wildman–Crippen LogP) is 0.0450. The molecular formula is C13H14N4O4. The summed E-state index contributed by atoms with van der Waals surface area (Å²) in [6.07, 6.45) is 4.20. The van der Waals surface area contributed by atoms with Crippen LogP contribution in [0.1, 0.15) is 16.8 Å². The molecule has 8 heteroatoms. The lowest BCUT2D eigenvalue weighted by molar-refractivity contribution is -0.141. The molecule has 0 aromatic carbocycles. The second kappa shape index (κ2) is 5.49. The van der Waals surface area contributed by atoms with Crippen LogP contribution in [0.15, 0.2) is 24.7 Å². The zero-order chi connectivity index (χ0) is 14.8. The molecule has 2 aromatic heterocycles. The van der Waals surface area contributed by atoms with Gasteiger partial charge in [-0.05, 0) is 6.07 Å². The molecular weight excluding hydrogens is 276 g/mol. The standard InChI is InChI=1S/C13H14N4O4/c18-11(19)6-9-8-16(4-5-21-9)13(20)10-7-15-17-3-1-2-14-12(10)17/h1-3,7,9H,4-6,8H2,(H,18,19). The summed E-state index contributed by atoms with van der Waals surface area (Å²) in [4.78, 5) is 29.0. The fourth-order valence-corrected chi connectivity index (χ4v) is 2.37. The topological polar surface area (TPSA) is 97.0 Å². The van der Waals surface area contributed by atoms with Gasteiger partial charge in [0.1, 0.15) is 5.56 Å². The van der Waals surface area contributed by atoms with Crippen molar-refractivity contribution in [3.05, 3.63) is 30.2 Å². The van der Waals surface area contributed by atoms with Gasteiger partial charge in [0.2, 0.25) is 0 Å². The monoisotopic (exact) mass is 290 g/mol. The molecule has 8 nitrogen and oxygen atoms in total. The first-order chi connectivity index (χ1) is 10.1. The van der Waals surface area contributed by atoms with Gasteiger partial charge in [-0.1, -0.05) is 0 Å². The van der Waals surface area contributed by atoms with E-state index in [1.807, 2.05) is 0 Å². The zero-order valence-corrected chi connectivity index (χ0v) is 11.2. The second-order valence-corrected chi connectivity index (χ2v) is 4.79. The summed E-state index contributed by atoms with van der Waals surface area (Å²) in [7, 11) is 0. The van der Waals surface area contributed by atoms with Crippen molar-refractivity contribution in [1.29, 1.82) is 0 Å². The Kier molecular flexibility index (Phi) is 3.53. The third kappa shape index (κ3) is 2.70. The van der Waals surface area contributed by atoms with E-state index in [2.05, 4.69) is 10.1 Å². The maximum atomic E-state index is 12.5. The molecule has 0 aliphatic carbocycles. The van der Waals surface area contributed by atoms with Gasteiger partial charge in [-0.15, -0.1) is 0 Å². The van der Waals surface area contributed by atoms with Crippen LogP contribution in [-0.4, -0.2) is 62.3 Å². The Balaban J connectivity index is 1.80. The first-order valence-electron chi connectivity index (χ1n) is 6.56. The summed E-state index contributed by atoms with van der Waals surface area (Å²) in [6, 6.07) is 1.73. The van der Waals surface area contributed by atoms with Crippen molar-refractivity contribution in [2.24, 2.45) is 0 Å². The van der Waals surface area contributed by atoms with E-state index in [-0.39, 0.29) is 18.9 Å². The maximum absolute atomic E-state index is 12.5. The minimum Gasteiger partial charge on any atom is -0.481 e. The van der Waals surface area contributed by atoms with Crippen molar-refractivity contribution in [3.63, 3.8) is 0 Å². The number of carboxylic acid groups (broad SMARTS) is 1. The van der Waals surface area contributed by atoms with E-state index in [1.165, 1.54) is 10.7 Å². The highest BCUT2D eigenvalue weighted by Gasteiger charge is 2.28. The van der Waals surface area contributed by atoms with Gasteiger partial charge in [0.15, 0.2) is 5.65 Å². The Morgan fingerprint density at radius 3 is 3.14 bits per heavy atom. The Hall–Kier alpha value is -2.48.